The van der Waals surface area contributed by atoms with E-state index in [1.54, 1.807) is 0 Å². The van der Waals surface area contributed by atoms with Gasteiger partial charge in [-0.15, -0.1) is 0 Å². The van der Waals surface area contributed by atoms with Crippen LogP contribution in [0.5, 0.6) is 11.5 Å². The summed E-state index contributed by atoms with van der Waals surface area (Å²) in [6.07, 6.45) is -0.0551. The summed E-state index contributed by atoms with van der Waals surface area (Å²) in [4.78, 5) is 25.6. The summed E-state index contributed by atoms with van der Waals surface area (Å²) in [5.41, 5.74) is 4.09. The average Bonchev–Trinajstić information content (AvgIpc) is 3.04. The van der Waals surface area contributed by atoms with Gasteiger partial charge < -0.3 is 18.9 Å². The van der Waals surface area contributed by atoms with E-state index in [1.807, 2.05) is 74.5 Å². The second-order valence-corrected chi connectivity index (χ2v) is 10.9. The highest BCUT2D eigenvalue weighted by molar-refractivity contribution is 6.27. The summed E-state index contributed by atoms with van der Waals surface area (Å²) in [5, 5.41) is 7.00. The first-order chi connectivity index (χ1) is 21.4. The van der Waals surface area contributed by atoms with Crippen LogP contribution >= 0.6 is 0 Å². The van der Waals surface area contributed by atoms with E-state index >= 15 is 0 Å². The summed E-state index contributed by atoms with van der Waals surface area (Å²) in [5.74, 6) is 0.932. The van der Waals surface area contributed by atoms with Crippen molar-refractivity contribution in [3.8, 4) is 22.6 Å². The fourth-order valence-electron chi connectivity index (χ4n) is 6.07. The molecule has 0 aromatic heterocycles. The molecule has 0 radical (unpaired) electrons. The Morgan fingerprint density at radius 3 is 1.25 bits per heavy atom. The molecule has 6 nitrogen and oxygen atoms in total. The van der Waals surface area contributed by atoms with Gasteiger partial charge in [-0.2, -0.15) is 0 Å². The maximum atomic E-state index is 12.8. The van der Waals surface area contributed by atoms with Crippen LogP contribution in [0.2, 0.25) is 0 Å². The number of fused-ring (bicyclic) bond motifs is 4. The fourth-order valence-corrected chi connectivity index (χ4v) is 6.07. The van der Waals surface area contributed by atoms with Crippen LogP contribution in [0.25, 0.3) is 54.2 Å². The molecule has 0 N–H and O–H groups in total. The monoisotopic (exact) mass is 586 g/mol. The third-order valence-electron chi connectivity index (χ3n) is 7.89. The normalized spacial score (nSPS) is 11.3. The van der Waals surface area contributed by atoms with E-state index in [4.69, 9.17) is 18.9 Å². The molecule has 6 aromatic rings. The van der Waals surface area contributed by atoms with Gasteiger partial charge in [0.05, 0.1) is 13.2 Å². The van der Waals surface area contributed by atoms with Crippen molar-refractivity contribution in [2.75, 3.05) is 13.2 Å². The van der Waals surface area contributed by atoms with E-state index < -0.39 is 12.3 Å². The highest BCUT2D eigenvalue weighted by Gasteiger charge is 2.25. The van der Waals surface area contributed by atoms with Crippen LogP contribution in [-0.2, 0) is 9.47 Å². The average molecular weight is 587 g/mol. The molecule has 0 bridgehead atoms. The molecular formula is C38H34O6. The molecule has 0 aliphatic heterocycles. The van der Waals surface area contributed by atoms with E-state index in [2.05, 4.69) is 38.1 Å². The maximum absolute atomic E-state index is 12.8. The molecule has 0 fully saturated rings. The fraction of sp³-hybridized carbons (Fsp3) is 0.211. The Hall–Kier alpha value is -5.10. The van der Waals surface area contributed by atoms with Gasteiger partial charge in [0.15, 0.2) is 0 Å². The van der Waals surface area contributed by atoms with Gasteiger partial charge >= 0.3 is 12.3 Å². The molecule has 6 rings (SSSR count). The lowest BCUT2D eigenvalue weighted by Crippen LogP contribution is -2.12. The number of benzene rings is 6. The van der Waals surface area contributed by atoms with Gasteiger partial charge in [0, 0.05) is 21.5 Å². The van der Waals surface area contributed by atoms with Gasteiger partial charge in [-0.1, -0.05) is 98.8 Å². The summed E-state index contributed by atoms with van der Waals surface area (Å²) in [6, 6.07) is 28.0. The smallest absolute Gasteiger partial charge is 0.434 e. The summed E-state index contributed by atoms with van der Waals surface area (Å²) >= 11 is 0. The molecule has 0 spiro atoms. The Balaban J connectivity index is 1.76. The quantitative estimate of drug-likeness (QED) is 0.105. The molecule has 44 heavy (non-hydrogen) atoms. The number of hydrogen-bond donors (Lipinski definition) is 0. The van der Waals surface area contributed by atoms with Crippen molar-refractivity contribution in [1.82, 2.24) is 0 Å². The Morgan fingerprint density at radius 2 is 0.864 bits per heavy atom. The van der Waals surface area contributed by atoms with Crippen molar-refractivity contribution in [1.29, 1.82) is 0 Å². The van der Waals surface area contributed by atoms with E-state index in [1.165, 1.54) is 0 Å². The van der Waals surface area contributed by atoms with Crippen LogP contribution in [0.4, 0.5) is 9.59 Å². The SMILES string of the molecule is CCCOC(=O)Oc1c2ccccc2c(-c2c3ccccc3c(OC(=O)OCCC)c3cccc(C)c23)c2c(C)cccc12. The van der Waals surface area contributed by atoms with Crippen molar-refractivity contribution < 1.29 is 28.5 Å². The molecule has 6 aromatic carbocycles. The number of carbonyl (C=O) groups is 2. The standard InChI is InChI=1S/C38H34O6/c1-5-21-41-37(39)43-35-27-17-9-7-15-25(27)33(31-23(3)13-11-19-29(31)35)34-26-16-8-10-18-28(26)36(44-38(40)42-22-6-2)30-20-12-14-24(4)32(30)34/h7-20H,5-6,21-22H2,1-4H3. The number of carbonyl (C=O) groups excluding carboxylic acids is 2. The number of aryl methyl sites for hydroxylation is 2. The molecule has 0 amide bonds. The van der Waals surface area contributed by atoms with Crippen molar-refractivity contribution in [2.45, 2.75) is 40.5 Å². The summed E-state index contributed by atoms with van der Waals surface area (Å²) < 4.78 is 22.6. The molecule has 0 aliphatic rings. The molecule has 0 heterocycles. The van der Waals surface area contributed by atoms with Crippen molar-refractivity contribution in [3.63, 3.8) is 0 Å². The molecular weight excluding hydrogens is 552 g/mol. The van der Waals surface area contributed by atoms with Gasteiger partial charge in [0.1, 0.15) is 11.5 Å². The predicted molar refractivity (Wildman–Crippen MR) is 176 cm³/mol. The Kier molecular flexibility index (Phi) is 8.07. The first-order valence-corrected chi connectivity index (χ1v) is 15.0. The van der Waals surface area contributed by atoms with E-state index in [-0.39, 0.29) is 13.2 Å². The van der Waals surface area contributed by atoms with Gasteiger partial charge in [-0.05, 0) is 70.5 Å². The van der Waals surface area contributed by atoms with Crippen LogP contribution in [-0.4, -0.2) is 25.5 Å². The first-order valence-electron chi connectivity index (χ1n) is 15.0. The van der Waals surface area contributed by atoms with Crippen LogP contribution in [0.3, 0.4) is 0 Å². The zero-order valence-corrected chi connectivity index (χ0v) is 25.4. The summed E-state index contributed by atoms with van der Waals surface area (Å²) in [7, 11) is 0. The lowest BCUT2D eigenvalue weighted by molar-refractivity contribution is 0.0991. The number of rotatable bonds is 7. The Bertz CT molecular complexity index is 1910. The molecule has 0 saturated carbocycles. The van der Waals surface area contributed by atoms with Crippen molar-refractivity contribution in [3.05, 3.63) is 96.1 Å². The van der Waals surface area contributed by atoms with Gasteiger partial charge in [0.2, 0.25) is 0 Å². The highest BCUT2D eigenvalue weighted by Crippen LogP contribution is 2.51. The minimum atomic E-state index is -0.726. The molecule has 0 unspecified atom stereocenters. The molecule has 0 saturated heterocycles. The van der Waals surface area contributed by atoms with Crippen LogP contribution in [0, 0.1) is 13.8 Å². The highest BCUT2D eigenvalue weighted by atomic mass is 16.7. The Morgan fingerprint density at radius 1 is 0.500 bits per heavy atom. The third-order valence-corrected chi connectivity index (χ3v) is 7.89. The zero-order chi connectivity index (χ0) is 30.8. The van der Waals surface area contributed by atoms with Crippen molar-refractivity contribution >= 4 is 55.4 Å². The van der Waals surface area contributed by atoms with E-state index in [9.17, 15) is 9.59 Å². The number of ether oxygens (including phenoxy) is 4. The maximum Gasteiger partial charge on any atom is 0.513 e. The first kappa shape index (κ1) is 29.0. The minimum absolute atomic E-state index is 0.281. The lowest BCUT2D eigenvalue weighted by Gasteiger charge is -2.22. The second-order valence-electron chi connectivity index (χ2n) is 10.9. The van der Waals surface area contributed by atoms with Crippen LogP contribution in [0.15, 0.2) is 84.9 Å². The minimum Gasteiger partial charge on any atom is -0.434 e. The lowest BCUT2D eigenvalue weighted by atomic mass is 9.83. The van der Waals surface area contributed by atoms with Gasteiger partial charge in [-0.25, -0.2) is 9.59 Å². The molecule has 222 valence electrons. The van der Waals surface area contributed by atoms with Crippen LogP contribution in [0.1, 0.15) is 37.8 Å². The van der Waals surface area contributed by atoms with Gasteiger partial charge in [-0.3, -0.25) is 0 Å². The van der Waals surface area contributed by atoms with Crippen molar-refractivity contribution in [2.24, 2.45) is 0 Å². The third kappa shape index (κ3) is 5.06. The van der Waals surface area contributed by atoms with E-state index in [0.29, 0.717) is 24.3 Å². The largest absolute Gasteiger partial charge is 0.513 e. The van der Waals surface area contributed by atoms with Gasteiger partial charge in [0.25, 0.3) is 0 Å². The topological polar surface area (TPSA) is 71.1 Å². The molecule has 0 atom stereocenters. The molecule has 6 heteroatoms. The van der Waals surface area contributed by atoms with E-state index in [0.717, 1.165) is 65.3 Å². The molecule has 0 aliphatic carbocycles. The Labute approximate surface area is 256 Å². The predicted octanol–water partition coefficient (Wildman–Crippen LogP) is 10.4. The zero-order valence-electron chi connectivity index (χ0n) is 25.4. The van der Waals surface area contributed by atoms with Crippen LogP contribution < -0.4 is 9.47 Å². The summed E-state index contributed by atoms with van der Waals surface area (Å²) in [6.45, 7) is 8.58. The number of hydrogen-bond acceptors (Lipinski definition) is 6. The second kappa shape index (κ2) is 12.3.